The van der Waals surface area contributed by atoms with Gasteiger partial charge in [0.25, 0.3) is 5.91 Å². The van der Waals surface area contributed by atoms with Gasteiger partial charge in [-0.05, 0) is 85.5 Å². The highest BCUT2D eigenvalue weighted by Crippen LogP contribution is 2.43. The van der Waals surface area contributed by atoms with E-state index in [1.54, 1.807) is 35.2 Å². The number of amides is 1. The number of hydrogen-bond donors (Lipinski definition) is 0. The molecule has 1 aliphatic rings. The van der Waals surface area contributed by atoms with Gasteiger partial charge in [0.1, 0.15) is 6.73 Å². The van der Waals surface area contributed by atoms with Gasteiger partial charge in [0.05, 0.1) is 40.1 Å². The van der Waals surface area contributed by atoms with Crippen molar-refractivity contribution >= 4 is 33.4 Å². The van der Waals surface area contributed by atoms with Crippen LogP contribution in [0.15, 0.2) is 91.0 Å². The van der Waals surface area contributed by atoms with E-state index >= 15 is 0 Å². The van der Waals surface area contributed by atoms with E-state index < -0.39 is 23.5 Å². The highest BCUT2D eigenvalue weighted by atomic mass is 19.4. The minimum Gasteiger partial charge on any atom is -0.356 e. The summed E-state index contributed by atoms with van der Waals surface area (Å²) in [5.41, 5.74) is 3.96. The summed E-state index contributed by atoms with van der Waals surface area (Å²) in [5.74, 6) is -0.218. The smallest absolute Gasteiger partial charge is 0.356 e. The van der Waals surface area contributed by atoms with Gasteiger partial charge >= 0.3 is 12.4 Å². The number of carbonyl (C=O) groups is 1. The number of aromatic nitrogens is 1. The standard InChI is InChI=1S/C38H28F6N2O2/c1-21-15-22(2)35(23(3)16-21)45-20-48-19-30-28(36(45)47)8-6-10-33(30)46-32-9-5-4-7-27(32)29-17-24(11-14-34(29)46)26-13-12-25(37(39,40)41)18-31(26)38(42,43)44/h4-18H,19-20H2,1-3H3. The molecule has 2 heterocycles. The van der Waals surface area contributed by atoms with Gasteiger partial charge in [0, 0.05) is 21.9 Å². The average Bonchev–Trinajstić information content (AvgIpc) is 3.26. The lowest BCUT2D eigenvalue weighted by molar-refractivity contribution is -0.142. The molecule has 0 radical (unpaired) electrons. The summed E-state index contributed by atoms with van der Waals surface area (Å²) in [6.45, 7) is 6.09. The van der Waals surface area contributed by atoms with Gasteiger partial charge in [-0.15, -0.1) is 0 Å². The molecule has 0 fully saturated rings. The quantitative estimate of drug-likeness (QED) is 0.177. The lowest BCUT2D eigenvalue weighted by Crippen LogP contribution is -2.32. The van der Waals surface area contributed by atoms with Crippen LogP contribution in [-0.2, 0) is 23.7 Å². The summed E-state index contributed by atoms with van der Waals surface area (Å²) in [7, 11) is 0. The molecular formula is C38H28F6N2O2. The first-order valence-electron chi connectivity index (χ1n) is 15.2. The van der Waals surface area contributed by atoms with Crippen LogP contribution in [0.2, 0.25) is 0 Å². The maximum atomic E-state index is 14.2. The van der Waals surface area contributed by atoms with Crippen LogP contribution < -0.4 is 4.90 Å². The minimum absolute atomic E-state index is 0.0445. The Bertz CT molecular complexity index is 2240. The summed E-state index contributed by atoms with van der Waals surface area (Å²) in [6.07, 6.45) is -9.94. The molecular weight excluding hydrogens is 630 g/mol. The maximum absolute atomic E-state index is 14.2. The fourth-order valence-corrected chi connectivity index (χ4v) is 6.95. The lowest BCUT2D eigenvalue weighted by atomic mass is 9.95. The molecule has 0 saturated carbocycles. The van der Waals surface area contributed by atoms with Crippen LogP contribution in [0.25, 0.3) is 38.6 Å². The molecule has 48 heavy (non-hydrogen) atoms. The zero-order chi connectivity index (χ0) is 34.1. The predicted molar refractivity (Wildman–Crippen MR) is 173 cm³/mol. The molecule has 4 nitrogen and oxygen atoms in total. The third-order valence-corrected chi connectivity index (χ3v) is 8.88. The fourth-order valence-electron chi connectivity index (χ4n) is 6.95. The van der Waals surface area contributed by atoms with Gasteiger partial charge in [-0.1, -0.05) is 54.1 Å². The Labute approximate surface area is 271 Å². The van der Waals surface area contributed by atoms with Crippen molar-refractivity contribution in [1.82, 2.24) is 4.57 Å². The molecule has 0 unspecified atom stereocenters. The number of hydrogen-bond acceptors (Lipinski definition) is 2. The monoisotopic (exact) mass is 658 g/mol. The average molecular weight is 659 g/mol. The number of nitrogens with zero attached hydrogens (tertiary/aromatic N) is 2. The molecule has 1 aliphatic heterocycles. The fraction of sp³-hybridized carbons (Fsp3) is 0.184. The number of para-hydroxylation sites is 1. The first-order valence-corrected chi connectivity index (χ1v) is 15.2. The summed E-state index contributed by atoms with van der Waals surface area (Å²) in [4.78, 5) is 15.8. The van der Waals surface area contributed by atoms with Gasteiger partial charge in [-0.2, -0.15) is 26.3 Å². The molecule has 1 aromatic heterocycles. The highest BCUT2D eigenvalue weighted by molar-refractivity contribution is 6.12. The van der Waals surface area contributed by atoms with Crippen LogP contribution in [0, 0.1) is 20.8 Å². The minimum atomic E-state index is -5.02. The molecule has 1 amide bonds. The first-order chi connectivity index (χ1) is 22.7. The van der Waals surface area contributed by atoms with Crippen molar-refractivity contribution in [3.05, 3.63) is 130 Å². The molecule has 0 saturated heterocycles. The zero-order valence-electron chi connectivity index (χ0n) is 26.1. The van der Waals surface area contributed by atoms with Crippen molar-refractivity contribution < 1.29 is 35.9 Å². The van der Waals surface area contributed by atoms with Crippen molar-refractivity contribution in [1.29, 1.82) is 0 Å². The molecule has 0 atom stereocenters. The number of aryl methyl sites for hydroxylation is 3. The number of halogens is 6. The summed E-state index contributed by atoms with van der Waals surface area (Å²) < 4.78 is 90.5. The molecule has 10 heteroatoms. The Hall–Kier alpha value is -5.09. The van der Waals surface area contributed by atoms with E-state index in [1.165, 1.54) is 6.07 Å². The third-order valence-electron chi connectivity index (χ3n) is 8.88. The number of benzene rings is 5. The highest BCUT2D eigenvalue weighted by Gasteiger charge is 2.38. The van der Waals surface area contributed by atoms with Crippen LogP contribution in [0.3, 0.4) is 0 Å². The Kier molecular flexibility index (Phi) is 7.39. The van der Waals surface area contributed by atoms with Crippen molar-refractivity contribution in [2.45, 2.75) is 39.7 Å². The Balaban J connectivity index is 1.40. The van der Waals surface area contributed by atoms with Crippen LogP contribution in [-0.4, -0.2) is 17.2 Å². The van der Waals surface area contributed by atoms with Crippen LogP contribution in [0.5, 0.6) is 0 Å². The van der Waals surface area contributed by atoms with Crippen LogP contribution in [0.4, 0.5) is 32.0 Å². The van der Waals surface area contributed by atoms with E-state index in [0.717, 1.165) is 39.3 Å². The zero-order valence-corrected chi connectivity index (χ0v) is 26.1. The molecule has 7 rings (SSSR count). The largest absolute Gasteiger partial charge is 0.417 e. The number of carbonyl (C=O) groups excluding carboxylic acids is 1. The molecule has 0 spiro atoms. The number of anilines is 1. The maximum Gasteiger partial charge on any atom is 0.417 e. The van der Waals surface area contributed by atoms with Gasteiger partial charge in [0.15, 0.2) is 0 Å². The van der Waals surface area contributed by atoms with Gasteiger partial charge in [0.2, 0.25) is 0 Å². The molecule has 0 bridgehead atoms. The second-order valence-corrected chi connectivity index (χ2v) is 12.1. The third kappa shape index (κ3) is 5.20. The second kappa shape index (κ2) is 11.3. The first kappa shape index (κ1) is 31.5. The van der Waals surface area contributed by atoms with E-state index in [2.05, 4.69) is 0 Å². The van der Waals surface area contributed by atoms with Crippen LogP contribution >= 0.6 is 0 Å². The van der Waals surface area contributed by atoms with E-state index in [-0.39, 0.29) is 36.4 Å². The molecule has 6 aromatic rings. The lowest BCUT2D eigenvalue weighted by Gasteiger charge is -2.25. The Morgan fingerprint density at radius 2 is 1.40 bits per heavy atom. The second-order valence-electron chi connectivity index (χ2n) is 12.1. The van der Waals surface area contributed by atoms with Crippen LogP contribution in [0.1, 0.15) is 43.7 Å². The summed E-state index contributed by atoms with van der Waals surface area (Å²) in [6, 6.07) is 23.2. The number of ether oxygens (including phenoxy) is 1. The normalized spacial score (nSPS) is 14.1. The Morgan fingerprint density at radius 1 is 0.688 bits per heavy atom. The van der Waals surface area contributed by atoms with Crippen molar-refractivity contribution in [3.8, 4) is 16.8 Å². The van der Waals surface area contributed by atoms with Crippen molar-refractivity contribution in [2.24, 2.45) is 0 Å². The molecule has 0 aliphatic carbocycles. The van der Waals surface area contributed by atoms with Gasteiger partial charge in [-0.25, -0.2) is 0 Å². The van der Waals surface area contributed by atoms with E-state index in [9.17, 15) is 31.1 Å². The van der Waals surface area contributed by atoms with Crippen molar-refractivity contribution in [3.63, 3.8) is 0 Å². The van der Waals surface area contributed by atoms with E-state index in [0.29, 0.717) is 33.8 Å². The van der Waals surface area contributed by atoms with E-state index in [4.69, 9.17) is 4.74 Å². The van der Waals surface area contributed by atoms with Gasteiger partial charge in [-0.3, -0.25) is 9.69 Å². The summed E-state index contributed by atoms with van der Waals surface area (Å²) in [5, 5.41) is 1.32. The van der Waals surface area contributed by atoms with Gasteiger partial charge < -0.3 is 9.30 Å². The number of rotatable bonds is 3. The SMILES string of the molecule is Cc1cc(C)c(N2COCc3c(cccc3-n3c4ccccc4c4cc(-c5ccc(C(F)(F)F)cc5C(F)(F)F)ccc43)C2=O)c(C)c1. The topological polar surface area (TPSA) is 34.5 Å². The molecule has 0 N–H and O–H groups in total. The molecule has 244 valence electrons. The van der Waals surface area contributed by atoms with Crippen molar-refractivity contribution in [2.75, 3.05) is 11.6 Å². The number of fused-ring (bicyclic) bond motifs is 4. The number of alkyl halides is 6. The molecule has 5 aromatic carbocycles. The summed E-state index contributed by atoms with van der Waals surface area (Å²) >= 11 is 0. The Morgan fingerprint density at radius 3 is 2.10 bits per heavy atom. The van der Waals surface area contributed by atoms with E-state index in [1.807, 2.05) is 61.7 Å². The predicted octanol–water partition coefficient (Wildman–Crippen LogP) is 10.5.